The van der Waals surface area contributed by atoms with Gasteiger partial charge in [0.05, 0.1) is 16.8 Å². The first kappa shape index (κ1) is 27.7. The number of rotatable bonds is 9. The number of benzene rings is 2. The normalized spacial score (nSPS) is 14.9. The highest BCUT2D eigenvalue weighted by Crippen LogP contribution is 2.30. The molecule has 1 saturated heterocycles. The third kappa shape index (κ3) is 6.01. The van der Waals surface area contributed by atoms with Gasteiger partial charge >= 0.3 is 0 Å². The maximum atomic E-state index is 13.7. The van der Waals surface area contributed by atoms with Crippen molar-refractivity contribution in [2.45, 2.75) is 59.3 Å². The Morgan fingerprint density at radius 3 is 2.48 bits per heavy atom. The fourth-order valence-corrected chi connectivity index (χ4v) is 5.61. The average Bonchev–Trinajstić information content (AvgIpc) is 3.13. The number of halogens is 1. The molecule has 1 aliphatic rings. The number of unbranched alkanes of at least 4 members (excludes halogenated alkanes) is 1. The van der Waals surface area contributed by atoms with Crippen LogP contribution < -0.4 is 4.90 Å². The van der Waals surface area contributed by atoms with Gasteiger partial charge in [-0.15, -0.1) is 0 Å². The molecule has 5 rings (SSSR count). The summed E-state index contributed by atoms with van der Waals surface area (Å²) >= 11 is 0. The molecule has 1 atom stereocenters. The molecule has 4 aromatic rings. The van der Waals surface area contributed by atoms with Gasteiger partial charge < -0.3 is 9.80 Å². The molecule has 0 N–H and O–H groups in total. The second-order valence-corrected chi connectivity index (χ2v) is 10.7. The van der Waals surface area contributed by atoms with Crippen molar-refractivity contribution in [3.05, 3.63) is 77.5 Å². The second-order valence-electron chi connectivity index (χ2n) is 10.7. The molecule has 7 nitrogen and oxygen atoms in total. The molecule has 210 valence electrons. The minimum absolute atomic E-state index is 0.103. The highest BCUT2D eigenvalue weighted by molar-refractivity contribution is 5.91. The van der Waals surface area contributed by atoms with Crippen molar-refractivity contribution in [3.8, 4) is 5.69 Å². The third-order valence-corrected chi connectivity index (χ3v) is 7.86. The van der Waals surface area contributed by atoms with Crippen molar-refractivity contribution < 1.29 is 9.18 Å². The van der Waals surface area contributed by atoms with E-state index in [1.807, 2.05) is 25.1 Å². The Kier molecular flexibility index (Phi) is 8.72. The topological polar surface area (TPSA) is 67.2 Å². The van der Waals surface area contributed by atoms with E-state index < -0.39 is 0 Å². The average molecular weight is 543 g/mol. The van der Waals surface area contributed by atoms with Crippen molar-refractivity contribution in [2.75, 3.05) is 31.1 Å². The Bertz CT molecular complexity index is 1440. The number of fused-ring (bicyclic) bond motifs is 1. The van der Waals surface area contributed by atoms with E-state index in [2.05, 4.69) is 35.8 Å². The molecule has 0 radical (unpaired) electrons. The van der Waals surface area contributed by atoms with Crippen LogP contribution in [0.1, 0.15) is 63.0 Å². The van der Waals surface area contributed by atoms with Gasteiger partial charge in [0.2, 0.25) is 5.91 Å². The minimum Gasteiger partial charge on any atom is -0.354 e. The first-order chi connectivity index (χ1) is 19.5. The lowest BCUT2D eigenvalue weighted by Crippen LogP contribution is -2.39. The Labute approximate surface area is 236 Å². The maximum Gasteiger partial charge on any atom is 0.225 e. The van der Waals surface area contributed by atoms with Gasteiger partial charge in [-0.25, -0.2) is 19.0 Å². The summed E-state index contributed by atoms with van der Waals surface area (Å²) in [6.07, 6.45) is 5.51. The van der Waals surface area contributed by atoms with E-state index in [0.29, 0.717) is 31.0 Å². The summed E-state index contributed by atoms with van der Waals surface area (Å²) in [5, 5.41) is 5.72. The van der Waals surface area contributed by atoms with E-state index in [4.69, 9.17) is 15.1 Å². The van der Waals surface area contributed by atoms with Crippen molar-refractivity contribution in [1.82, 2.24) is 24.6 Å². The Morgan fingerprint density at radius 1 is 0.975 bits per heavy atom. The van der Waals surface area contributed by atoms with E-state index in [9.17, 15) is 9.18 Å². The number of nitrogens with zero attached hydrogens (tertiary/aromatic N) is 6. The van der Waals surface area contributed by atoms with Gasteiger partial charge in [0, 0.05) is 38.5 Å². The Balaban J connectivity index is 1.51. The van der Waals surface area contributed by atoms with Crippen molar-refractivity contribution >= 4 is 22.8 Å². The summed E-state index contributed by atoms with van der Waals surface area (Å²) in [7, 11) is 0. The monoisotopic (exact) mass is 542 g/mol. The van der Waals surface area contributed by atoms with Gasteiger partial charge in [-0.1, -0.05) is 57.0 Å². The van der Waals surface area contributed by atoms with Crippen LogP contribution in [0.3, 0.4) is 0 Å². The summed E-state index contributed by atoms with van der Waals surface area (Å²) in [5.74, 6) is 1.66. The van der Waals surface area contributed by atoms with E-state index >= 15 is 0 Å². The molecule has 3 heterocycles. The van der Waals surface area contributed by atoms with E-state index in [1.54, 1.807) is 16.8 Å². The molecular formula is C32H39FN6O. The Hall–Kier alpha value is -3.81. The maximum absolute atomic E-state index is 13.7. The minimum atomic E-state index is -0.291. The predicted octanol–water partition coefficient (Wildman–Crippen LogP) is 6.11. The lowest BCUT2D eigenvalue weighted by Gasteiger charge is -2.26. The van der Waals surface area contributed by atoms with Crippen LogP contribution in [0.4, 0.5) is 10.2 Å². The SMILES string of the molecule is CCCC[C@H](CC)C(=O)N1CCCN(c2nc(Cc3ccccc3)nc3c2c(C)nn3-c2ccc(F)cc2)CC1. The van der Waals surface area contributed by atoms with E-state index in [1.165, 1.54) is 12.1 Å². The van der Waals surface area contributed by atoms with Crippen LogP contribution in [0.15, 0.2) is 54.6 Å². The van der Waals surface area contributed by atoms with Crippen molar-refractivity contribution in [1.29, 1.82) is 0 Å². The second kappa shape index (κ2) is 12.6. The molecular weight excluding hydrogens is 503 g/mol. The number of anilines is 1. The first-order valence-electron chi connectivity index (χ1n) is 14.6. The number of carbonyl (C=O) groups excluding carboxylic acids is 1. The van der Waals surface area contributed by atoms with Gasteiger partial charge in [-0.05, 0) is 56.0 Å². The van der Waals surface area contributed by atoms with Gasteiger partial charge in [0.1, 0.15) is 17.5 Å². The van der Waals surface area contributed by atoms with Crippen molar-refractivity contribution in [2.24, 2.45) is 5.92 Å². The van der Waals surface area contributed by atoms with Crippen LogP contribution in [-0.2, 0) is 11.2 Å². The highest BCUT2D eigenvalue weighted by atomic mass is 19.1. The standard InChI is InChI=1S/C32H39FN6O/c1-4-6-13-25(5-2)32(40)38-19-10-18-37(20-21-38)30-29-23(3)36-39(27-16-14-26(33)15-17-27)31(29)35-28(34-30)22-24-11-8-7-9-12-24/h7-9,11-12,14-17,25H,4-6,10,13,18-22H2,1-3H3/t25-/m0/s1. The van der Waals surface area contributed by atoms with Crippen LogP contribution in [0.5, 0.6) is 0 Å². The van der Waals surface area contributed by atoms with E-state index in [-0.39, 0.29) is 17.6 Å². The van der Waals surface area contributed by atoms with Gasteiger partial charge in [-0.2, -0.15) is 5.10 Å². The summed E-state index contributed by atoms with van der Waals surface area (Å²) in [5.41, 5.74) is 3.41. The van der Waals surface area contributed by atoms with Gasteiger partial charge in [-0.3, -0.25) is 4.79 Å². The number of aryl methyl sites for hydroxylation is 1. The molecule has 8 heteroatoms. The number of carbonyl (C=O) groups is 1. The molecule has 2 aromatic heterocycles. The molecule has 0 spiro atoms. The van der Waals surface area contributed by atoms with Crippen LogP contribution in [-0.4, -0.2) is 56.7 Å². The summed E-state index contributed by atoms with van der Waals surface area (Å²) in [4.78, 5) is 27.8. The quantitative estimate of drug-likeness (QED) is 0.255. The lowest BCUT2D eigenvalue weighted by atomic mass is 9.97. The van der Waals surface area contributed by atoms with E-state index in [0.717, 1.165) is 73.3 Å². The fourth-order valence-electron chi connectivity index (χ4n) is 5.61. The largest absolute Gasteiger partial charge is 0.354 e. The van der Waals surface area contributed by atoms with Crippen LogP contribution in [0.2, 0.25) is 0 Å². The van der Waals surface area contributed by atoms with Crippen LogP contribution in [0.25, 0.3) is 16.7 Å². The highest BCUT2D eigenvalue weighted by Gasteiger charge is 2.27. The molecule has 40 heavy (non-hydrogen) atoms. The third-order valence-electron chi connectivity index (χ3n) is 7.86. The number of hydrogen-bond donors (Lipinski definition) is 0. The lowest BCUT2D eigenvalue weighted by molar-refractivity contribution is -0.135. The zero-order valence-corrected chi connectivity index (χ0v) is 23.8. The molecule has 1 fully saturated rings. The number of hydrogen-bond acceptors (Lipinski definition) is 5. The number of amides is 1. The summed E-state index contributed by atoms with van der Waals surface area (Å²) in [6.45, 7) is 9.20. The molecule has 1 aliphatic heterocycles. The zero-order valence-electron chi connectivity index (χ0n) is 23.8. The fraction of sp³-hybridized carbons (Fsp3) is 0.438. The van der Waals surface area contributed by atoms with Crippen molar-refractivity contribution in [3.63, 3.8) is 0 Å². The number of aromatic nitrogens is 4. The molecule has 0 bridgehead atoms. The summed E-state index contributed by atoms with van der Waals surface area (Å²) < 4.78 is 15.5. The molecule has 0 saturated carbocycles. The molecule has 1 amide bonds. The zero-order chi connectivity index (χ0) is 28.1. The van der Waals surface area contributed by atoms with Crippen LogP contribution in [0, 0.1) is 18.7 Å². The predicted molar refractivity (Wildman–Crippen MR) is 157 cm³/mol. The smallest absolute Gasteiger partial charge is 0.225 e. The molecule has 0 unspecified atom stereocenters. The summed E-state index contributed by atoms with van der Waals surface area (Å²) in [6, 6.07) is 16.5. The van der Waals surface area contributed by atoms with Gasteiger partial charge in [0.15, 0.2) is 5.65 Å². The van der Waals surface area contributed by atoms with Gasteiger partial charge in [0.25, 0.3) is 0 Å². The molecule has 2 aromatic carbocycles. The molecule has 0 aliphatic carbocycles. The first-order valence-corrected chi connectivity index (χ1v) is 14.6. The Morgan fingerprint density at radius 2 is 1.75 bits per heavy atom. The van der Waals surface area contributed by atoms with Crippen LogP contribution >= 0.6 is 0 Å².